The minimum absolute atomic E-state index is 0.0484. The van der Waals surface area contributed by atoms with Crippen molar-refractivity contribution in [2.24, 2.45) is 0 Å². The van der Waals surface area contributed by atoms with Gasteiger partial charge < -0.3 is 10.6 Å². The lowest BCUT2D eigenvalue weighted by atomic mass is 9.95. The number of pyridine rings is 2. The van der Waals surface area contributed by atoms with Gasteiger partial charge in [0.2, 0.25) is 0 Å². The second-order valence-corrected chi connectivity index (χ2v) is 7.23. The number of halogens is 3. The SMILES string of the molecule is Fc1cccc(Cl)c1-n1cc2c(Nc3ccc(C4CNC4)cn3)ncc(F)c2n1. The summed E-state index contributed by atoms with van der Waals surface area (Å²) in [6, 6.07) is 8.16. The average Bonchev–Trinajstić information content (AvgIpc) is 3.10. The molecular weight excluding hydrogens is 398 g/mol. The lowest BCUT2D eigenvalue weighted by molar-refractivity contribution is 0.447. The Balaban J connectivity index is 1.53. The van der Waals surface area contributed by atoms with Crippen LogP contribution in [0.3, 0.4) is 0 Å². The van der Waals surface area contributed by atoms with E-state index in [-0.39, 0.29) is 16.2 Å². The molecule has 29 heavy (non-hydrogen) atoms. The Morgan fingerprint density at radius 2 is 1.93 bits per heavy atom. The third kappa shape index (κ3) is 3.20. The van der Waals surface area contributed by atoms with Gasteiger partial charge in [0.15, 0.2) is 5.82 Å². The minimum atomic E-state index is -0.613. The Kier molecular flexibility index (Phi) is 4.37. The molecule has 0 unspecified atom stereocenters. The highest BCUT2D eigenvalue weighted by Crippen LogP contribution is 2.29. The van der Waals surface area contributed by atoms with E-state index in [2.05, 4.69) is 25.7 Å². The van der Waals surface area contributed by atoms with Gasteiger partial charge in [-0.05, 0) is 23.8 Å². The molecular formula is C20H15ClF2N6. The van der Waals surface area contributed by atoms with Gasteiger partial charge in [0.1, 0.15) is 28.7 Å². The first-order valence-corrected chi connectivity index (χ1v) is 9.40. The lowest BCUT2D eigenvalue weighted by Gasteiger charge is -2.27. The van der Waals surface area contributed by atoms with E-state index in [1.54, 1.807) is 6.07 Å². The molecule has 9 heteroatoms. The van der Waals surface area contributed by atoms with Crippen LogP contribution in [0, 0.1) is 11.6 Å². The van der Waals surface area contributed by atoms with E-state index in [1.165, 1.54) is 23.0 Å². The molecule has 0 bridgehead atoms. The van der Waals surface area contributed by atoms with Crippen molar-refractivity contribution in [1.29, 1.82) is 0 Å². The Bertz CT molecular complexity index is 1180. The average molecular weight is 413 g/mol. The zero-order valence-corrected chi connectivity index (χ0v) is 15.8. The first-order valence-electron chi connectivity index (χ1n) is 9.02. The second-order valence-electron chi connectivity index (χ2n) is 6.82. The summed E-state index contributed by atoms with van der Waals surface area (Å²) in [6.45, 7) is 1.90. The van der Waals surface area contributed by atoms with Crippen LogP contribution in [0.1, 0.15) is 11.5 Å². The van der Waals surface area contributed by atoms with Crippen molar-refractivity contribution < 1.29 is 8.78 Å². The van der Waals surface area contributed by atoms with Crippen molar-refractivity contribution in [3.8, 4) is 5.69 Å². The van der Waals surface area contributed by atoms with Crippen LogP contribution < -0.4 is 10.6 Å². The maximum Gasteiger partial charge on any atom is 0.169 e. The van der Waals surface area contributed by atoms with E-state index >= 15 is 0 Å². The quantitative estimate of drug-likeness (QED) is 0.526. The maximum atomic E-state index is 14.3. The fraction of sp³-hybridized carbons (Fsp3) is 0.150. The van der Waals surface area contributed by atoms with Gasteiger partial charge in [0.05, 0.1) is 16.6 Å². The van der Waals surface area contributed by atoms with Crippen LogP contribution in [0.15, 0.2) is 48.9 Å². The van der Waals surface area contributed by atoms with E-state index in [0.717, 1.165) is 24.8 Å². The highest BCUT2D eigenvalue weighted by atomic mass is 35.5. The molecule has 1 fully saturated rings. The second kappa shape index (κ2) is 7.06. The summed E-state index contributed by atoms with van der Waals surface area (Å²) in [5.74, 6) is 0.244. The summed E-state index contributed by atoms with van der Waals surface area (Å²) in [7, 11) is 0. The molecule has 146 valence electrons. The Morgan fingerprint density at radius 3 is 2.62 bits per heavy atom. The first-order chi connectivity index (χ1) is 14.1. The van der Waals surface area contributed by atoms with E-state index in [1.807, 2.05) is 18.3 Å². The van der Waals surface area contributed by atoms with Gasteiger partial charge in [0.25, 0.3) is 0 Å². The summed E-state index contributed by atoms with van der Waals surface area (Å²) >= 11 is 6.12. The van der Waals surface area contributed by atoms with Crippen molar-refractivity contribution in [3.63, 3.8) is 0 Å². The molecule has 1 aliphatic heterocycles. The number of para-hydroxylation sites is 1. The molecule has 5 rings (SSSR count). The van der Waals surface area contributed by atoms with Crippen LogP contribution >= 0.6 is 11.6 Å². The molecule has 0 amide bonds. The predicted octanol–water partition coefficient (Wildman–Crippen LogP) is 4.18. The Hall–Kier alpha value is -3.10. The van der Waals surface area contributed by atoms with E-state index < -0.39 is 11.6 Å². The molecule has 4 aromatic rings. The molecule has 1 aromatic carbocycles. The van der Waals surface area contributed by atoms with Crippen molar-refractivity contribution in [2.45, 2.75) is 5.92 Å². The minimum Gasteiger partial charge on any atom is -0.324 e. The highest BCUT2D eigenvalue weighted by molar-refractivity contribution is 6.32. The number of rotatable bonds is 4. The maximum absolute atomic E-state index is 14.3. The van der Waals surface area contributed by atoms with E-state index in [4.69, 9.17) is 11.6 Å². The summed E-state index contributed by atoms with van der Waals surface area (Å²) in [6.07, 6.45) is 4.38. The van der Waals surface area contributed by atoms with Gasteiger partial charge in [-0.2, -0.15) is 5.10 Å². The number of anilines is 2. The lowest BCUT2D eigenvalue weighted by Crippen LogP contribution is -2.39. The molecule has 1 aliphatic rings. The van der Waals surface area contributed by atoms with Crippen LogP contribution in [0.5, 0.6) is 0 Å². The van der Waals surface area contributed by atoms with Crippen molar-refractivity contribution in [2.75, 3.05) is 18.4 Å². The number of nitrogens with one attached hydrogen (secondary N) is 2. The number of fused-ring (bicyclic) bond motifs is 1. The Labute approximate surface area is 169 Å². The van der Waals surface area contributed by atoms with Gasteiger partial charge in [-0.1, -0.05) is 23.7 Å². The largest absolute Gasteiger partial charge is 0.324 e. The van der Waals surface area contributed by atoms with Gasteiger partial charge in [-0.15, -0.1) is 0 Å². The topological polar surface area (TPSA) is 67.7 Å². The van der Waals surface area contributed by atoms with Gasteiger partial charge in [-0.3, -0.25) is 0 Å². The summed E-state index contributed by atoms with van der Waals surface area (Å²) in [5.41, 5.74) is 1.26. The number of aromatic nitrogens is 4. The number of nitrogens with zero attached hydrogens (tertiary/aromatic N) is 4. The molecule has 0 atom stereocenters. The molecule has 0 radical (unpaired) electrons. The summed E-state index contributed by atoms with van der Waals surface area (Å²) < 4.78 is 29.8. The van der Waals surface area contributed by atoms with Crippen molar-refractivity contribution in [3.05, 3.63) is 71.1 Å². The number of hydrogen-bond donors (Lipinski definition) is 2. The van der Waals surface area contributed by atoms with Crippen LogP contribution in [0.25, 0.3) is 16.6 Å². The third-order valence-corrected chi connectivity index (χ3v) is 5.26. The van der Waals surface area contributed by atoms with E-state index in [0.29, 0.717) is 22.9 Å². The number of benzene rings is 1. The first kappa shape index (κ1) is 18.0. The Morgan fingerprint density at radius 1 is 1.07 bits per heavy atom. The molecule has 3 aromatic heterocycles. The van der Waals surface area contributed by atoms with Gasteiger partial charge in [0, 0.05) is 31.4 Å². The fourth-order valence-electron chi connectivity index (χ4n) is 3.26. The molecule has 1 saturated heterocycles. The molecule has 0 saturated carbocycles. The zero-order chi connectivity index (χ0) is 20.0. The number of hydrogen-bond acceptors (Lipinski definition) is 5. The predicted molar refractivity (Wildman–Crippen MR) is 107 cm³/mol. The molecule has 4 heterocycles. The molecule has 0 aliphatic carbocycles. The van der Waals surface area contributed by atoms with Crippen molar-refractivity contribution >= 4 is 34.1 Å². The smallest absolute Gasteiger partial charge is 0.169 e. The van der Waals surface area contributed by atoms with Crippen LogP contribution in [0.4, 0.5) is 20.4 Å². The standard InChI is InChI=1S/C20H15ClF2N6/c21-14-2-1-3-15(22)19(14)29-10-13-18(28-29)16(23)9-26-20(13)27-17-5-4-11(8-25-17)12-6-24-7-12/h1-5,8-10,12,24H,6-7H2,(H,25,26,27). The fourth-order valence-corrected chi connectivity index (χ4v) is 3.51. The molecule has 6 nitrogen and oxygen atoms in total. The van der Waals surface area contributed by atoms with E-state index in [9.17, 15) is 8.78 Å². The van der Waals surface area contributed by atoms with Crippen LogP contribution in [-0.4, -0.2) is 32.8 Å². The summed E-state index contributed by atoms with van der Waals surface area (Å²) in [4.78, 5) is 8.54. The highest BCUT2D eigenvalue weighted by Gasteiger charge is 2.20. The van der Waals surface area contributed by atoms with Crippen LogP contribution in [0.2, 0.25) is 5.02 Å². The molecule has 0 spiro atoms. The summed E-state index contributed by atoms with van der Waals surface area (Å²) in [5, 5.41) is 11.0. The normalized spacial score (nSPS) is 14.2. The van der Waals surface area contributed by atoms with Crippen LogP contribution in [-0.2, 0) is 0 Å². The monoisotopic (exact) mass is 412 g/mol. The third-order valence-electron chi connectivity index (χ3n) is 4.95. The van der Waals surface area contributed by atoms with Crippen molar-refractivity contribution in [1.82, 2.24) is 25.1 Å². The van der Waals surface area contributed by atoms with Gasteiger partial charge in [-0.25, -0.2) is 23.4 Å². The molecule has 2 N–H and O–H groups in total. The van der Waals surface area contributed by atoms with Gasteiger partial charge >= 0.3 is 0 Å². The zero-order valence-electron chi connectivity index (χ0n) is 15.0.